The van der Waals surface area contributed by atoms with Crippen molar-refractivity contribution in [3.63, 3.8) is 0 Å². The van der Waals surface area contributed by atoms with Crippen molar-refractivity contribution in [2.45, 2.75) is 43.5 Å². The van der Waals surface area contributed by atoms with Crippen molar-refractivity contribution in [3.8, 4) is 0 Å². The summed E-state index contributed by atoms with van der Waals surface area (Å²) in [5.74, 6) is 0.676. The number of nitrogens with zero attached hydrogens (tertiary/aromatic N) is 1. The van der Waals surface area contributed by atoms with Crippen LogP contribution in [0.2, 0.25) is 0 Å². The van der Waals surface area contributed by atoms with Crippen LogP contribution in [-0.2, 0) is 10.0 Å². The van der Waals surface area contributed by atoms with E-state index >= 15 is 0 Å². The molecule has 4 heteroatoms. The highest BCUT2D eigenvalue weighted by Gasteiger charge is 2.40. The van der Waals surface area contributed by atoms with Crippen LogP contribution in [0.5, 0.6) is 0 Å². The summed E-state index contributed by atoms with van der Waals surface area (Å²) in [7, 11) is -3.39. The largest absolute Gasteiger partial charge is 0.243 e. The molecular weight excluding hydrogens is 270 g/mol. The summed E-state index contributed by atoms with van der Waals surface area (Å²) < 4.78 is 27.3. The predicted molar refractivity (Wildman–Crippen MR) is 80.0 cm³/mol. The lowest BCUT2D eigenvalue weighted by molar-refractivity contribution is 0.184. The fourth-order valence-corrected chi connectivity index (χ4v) is 5.01. The highest BCUT2D eigenvalue weighted by atomic mass is 32.2. The SMILES string of the molecule is C=C1CC[C@H]2CCN(S(=O)(=O)c3ccc(C)cc3)[C@@H]1C2. The van der Waals surface area contributed by atoms with Gasteiger partial charge >= 0.3 is 0 Å². The van der Waals surface area contributed by atoms with Gasteiger partial charge in [0.05, 0.1) is 4.90 Å². The third kappa shape index (κ3) is 2.31. The fourth-order valence-electron chi connectivity index (χ4n) is 3.34. The van der Waals surface area contributed by atoms with Gasteiger partial charge in [0.1, 0.15) is 0 Å². The number of piperidine rings is 1. The number of benzene rings is 1. The van der Waals surface area contributed by atoms with Gasteiger partial charge in [-0.15, -0.1) is 0 Å². The van der Waals surface area contributed by atoms with Crippen molar-refractivity contribution in [3.05, 3.63) is 42.0 Å². The van der Waals surface area contributed by atoms with E-state index in [1.165, 1.54) is 6.42 Å². The van der Waals surface area contributed by atoms with Gasteiger partial charge in [0.15, 0.2) is 0 Å². The smallest absolute Gasteiger partial charge is 0.207 e. The lowest BCUT2D eigenvalue weighted by Crippen LogP contribution is -2.48. The third-order valence-electron chi connectivity index (χ3n) is 4.63. The van der Waals surface area contributed by atoms with Crippen LogP contribution in [-0.4, -0.2) is 25.3 Å². The minimum Gasteiger partial charge on any atom is -0.207 e. The summed E-state index contributed by atoms with van der Waals surface area (Å²) >= 11 is 0. The highest BCUT2D eigenvalue weighted by Crippen LogP contribution is 2.39. The maximum atomic E-state index is 12.8. The van der Waals surface area contributed by atoms with E-state index in [0.29, 0.717) is 17.4 Å². The Morgan fingerprint density at radius 2 is 1.90 bits per heavy atom. The first-order chi connectivity index (χ1) is 9.48. The standard InChI is InChI=1S/C16H21NO2S/c1-12-3-7-15(8-4-12)20(18,19)17-10-9-14-6-5-13(2)16(17)11-14/h3-4,7-8,14,16H,2,5-6,9-11H2,1H3/t14-,16+/m0/s1. The minimum absolute atomic E-state index is 0.00815. The van der Waals surface area contributed by atoms with Gasteiger partial charge in [0.2, 0.25) is 10.0 Å². The maximum Gasteiger partial charge on any atom is 0.243 e. The molecule has 3 rings (SSSR count). The zero-order valence-corrected chi connectivity index (χ0v) is 12.7. The molecule has 0 aromatic heterocycles. The average Bonchev–Trinajstić information content (AvgIpc) is 2.44. The van der Waals surface area contributed by atoms with Gasteiger partial charge in [0, 0.05) is 12.6 Å². The van der Waals surface area contributed by atoms with Crippen LogP contribution in [0.4, 0.5) is 0 Å². The summed E-state index contributed by atoms with van der Waals surface area (Å²) in [6.07, 6.45) is 4.07. The Labute approximate surface area is 121 Å². The van der Waals surface area contributed by atoms with Crippen LogP contribution >= 0.6 is 0 Å². The van der Waals surface area contributed by atoms with Crippen LogP contribution in [0.1, 0.15) is 31.2 Å². The number of hydrogen-bond acceptors (Lipinski definition) is 2. The molecule has 0 amide bonds. The zero-order chi connectivity index (χ0) is 14.3. The first-order valence-electron chi connectivity index (χ1n) is 7.24. The second kappa shape index (κ2) is 5.01. The molecule has 1 saturated heterocycles. The molecular formula is C16H21NO2S. The van der Waals surface area contributed by atoms with E-state index in [1.54, 1.807) is 16.4 Å². The van der Waals surface area contributed by atoms with Crippen LogP contribution in [0, 0.1) is 12.8 Å². The van der Waals surface area contributed by atoms with Crippen molar-refractivity contribution in [1.29, 1.82) is 0 Å². The molecule has 0 N–H and O–H groups in total. The topological polar surface area (TPSA) is 37.4 Å². The number of sulfonamides is 1. The Bertz CT molecular complexity index is 618. The number of aryl methyl sites for hydroxylation is 1. The van der Waals surface area contributed by atoms with Crippen molar-refractivity contribution < 1.29 is 8.42 Å². The molecule has 1 aliphatic carbocycles. The van der Waals surface area contributed by atoms with Crippen LogP contribution < -0.4 is 0 Å². The molecule has 2 bridgehead atoms. The van der Waals surface area contributed by atoms with Gasteiger partial charge in [-0.25, -0.2) is 8.42 Å². The predicted octanol–water partition coefficient (Wildman–Crippen LogP) is 3.11. The summed E-state index contributed by atoms with van der Waals surface area (Å²) in [6.45, 7) is 6.69. The number of hydrogen-bond donors (Lipinski definition) is 0. The van der Waals surface area contributed by atoms with Crippen LogP contribution in [0.15, 0.2) is 41.3 Å². The number of fused-ring (bicyclic) bond motifs is 2. The molecule has 1 aromatic rings. The van der Waals surface area contributed by atoms with Gasteiger partial charge in [-0.05, 0) is 50.7 Å². The zero-order valence-electron chi connectivity index (χ0n) is 11.9. The Hall–Kier alpha value is -1.13. The highest BCUT2D eigenvalue weighted by molar-refractivity contribution is 7.89. The first kappa shape index (κ1) is 13.8. The van der Waals surface area contributed by atoms with E-state index < -0.39 is 10.0 Å². The van der Waals surface area contributed by atoms with E-state index in [1.807, 2.05) is 19.1 Å². The van der Waals surface area contributed by atoms with Gasteiger partial charge in [-0.3, -0.25) is 0 Å². The Morgan fingerprint density at radius 1 is 1.20 bits per heavy atom. The van der Waals surface area contributed by atoms with E-state index in [0.717, 1.165) is 30.4 Å². The van der Waals surface area contributed by atoms with Gasteiger partial charge < -0.3 is 0 Å². The maximum absolute atomic E-state index is 12.8. The van der Waals surface area contributed by atoms with Crippen molar-refractivity contribution >= 4 is 10.0 Å². The lowest BCUT2D eigenvalue weighted by Gasteiger charge is -2.43. The van der Waals surface area contributed by atoms with Crippen LogP contribution in [0.3, 0.4) is 0 Å². The summed E-state index contributed by atoms with van der Waals surface area (Å²) in [4.78, 5) is 0.403. The van der Waals surface area contributed by atoms with Gasteiger partial charge in [-0.2, -0.15) is 4.31 Å². The Morgan fingerprint density at radius 3 is 2.60 bits per heavy atom. The Balaban J connectivity index is 1.94. The lowest BCUT2D eigenvalue weighted by atomic mass is 9.78. The minimum atomic E-state index is -3.39. The van der Waals surface area contributed by atoms with E-state index in [2.05, 4.69) is 6.58 Å². The van der Waals surface area contributed by atoms with Crippen molar-refractivity contribution in [2.24, 2.45) is 5.92 Å². The first-order valence-corrected chi connectivity index (χ1v) is 8.68. The summed E-state index contributed by atoms with van der Waals surface area (Å²) in [5, 5.41) is 0. The average molecular weight is 291 g/mol. The summed E-state index contributed by atoms with van der Waals surface area (Å²) in [5.41, 5.74) is 2.15. The molecule has 1 aliphatic heterocycles. The van der Waals surface area contributed by atoms with E-state index in [4.69, 9.17) is 0 Å². The van der Waals surface area contributed by atoms with Crippen molar-refractivity contribution in [1.82, 2.24) is 4.31 Å². The third-order valence-corrected chi connectivity index (χ3v) is 6.56. The second-order valence-corrected chi connectivity index (χ2v) is 7.92. The molecule has 0 unspecified atom stereocenters. The van der Waals surface area contributed by atoms with Gasteiger partial charge in [0.25, 0.3) is 0 Å². The molecule has 2 aliphatic rings. The van der Waals surface area contributed by atoms with E-state index in [-0.39, 0.29) is 6.04 Å². The van der Waals surface area contributed by atoms with Crippen molar-refractivity contribution in [2.75, 3.05) is 6.54 Å². The van der Waals surface area contributed by atoms with Gasteiger partial charge in [-0.1, -0.05) is 29.8 Å². The monoisotopic (exact) mass is 291 g/mol. The quantitative estimate of drug-likeness (QED) is 0.785. The van der Waals surface area contributed by atoms with E-state index in [9.17, 15) is 8.42 Å². The molecule has 1 heterocycles. The molecule has 3 nitrogen and oxygen atoms in total. The van der Waals surface area contributed by atoms with Crippen LogP contribution in [0.25, 0.3) is 0 Å². The fraction of sp³-hybridized carbons (Fsp3) is 0.500. The summed E-state index contributed by atoms with van der Waals surface area (Å²) in [6, 6.07) is 7.14. The second-order valence-electron chi connectivity index (χ2n) is 6.03. The molecule has 108 valence electrons. The molecule has 0 radical (unpaired) electrons. The molecule has 2 atom stereocenters. The molecule has 1 saturated carbocycles. The Kier molecular flexibility index (Phi) is 3.46. The molecule has 2 fully saturated rings. The molecule has 0 spiro atoms. The molecule has 20 heavy (non-hydrogen) atoms. The normalized spacial score (nSPS) is 27.6. The number of rotatable bonds is 2. The molecule has 1 aromatic carbocycles.